The highest BCUT2D eigenvalue weighted by Gasteiger charge is 2.11. The van der Waals surface area contributed by atoms with Gasteiger partial charge in [0.05, 0.1) is 6.26 Å². The maximum atomic E-state index is 10.6. The number of aryl methyl sites for hydroxylation is 1. The first-order chi connectivity index (χ1) is 5.83. The molecule has 2 rings (SSSR count). The Morgan fingerprint density at radius 3 is 2.92 bits per heavy atom. The summed E-state index contributed by atoms with van der Waals surface area (Å²) in [6, 6.07) is 5.58. The molecule has 0 amide bonds. The summed E-state index contributed by atoms with van der Waals surface area (Å²) in [7, 11) is 0. The molecule has 2 heteroatoms. The van der Waals surface area contributed by atoms with Gasteiger partial charge < -0.3 is 4.42 Å². The number of aldehydes is 1. The molecule has 1 aliphatic heterocycles. The van der Waals surface area contributed by atoms with Gasteiger partial charge in [-0.2, -0.15) is 0 Å². The summed E-state index contributed by atoms with van der Waals surface area (Å²) in [5.74, 6) is 0.791. The van der Waals surface area contributed by atoms with Crippen molar-refractivity contribution in [2.45, 2.75) is 6.92 Å². The van der Waals surface area contributed by atoms with Crippen molar-refractivity contribution in [1.29, 1.82) is 0 Å². The molecule has 0 aromatic heterocycles. The van der Waals surface area contributed by atoms with Gasteiger partial charge in [-0.1, -0.05) is 12.1 Å². The zero-order chi connectivity index (χ0) is 8.55. The molecule has 0 fully saturated rings. The molecule has 0 saturated carbocycles. The predicted molar refractivity (Wildman–Crippen MR) is 45.5 cm³/mol. The van der Waals surface area contributed by atoms with Crippen molar-refractivity contribution in [2.24, 2.45) is 0 Å². The van der Waals surface area contributed by atoms with E-state index in [2.05, 4.69) is 0 Å². The fourth-order valence-corrected chi connectivity index (χ4v) is 1.42. The monoisotopic (exact) mass is 160 g/mol. The van der Waals surface area contributed by atoms with E-state index in [9.17, 15) is 4.79 Å². The van der Waals surface area contributed by atoms with Gasteiger partial charge in [0.1, 0.15) is 5.76 Å². The van der Waals surface area contributed by atoms with Gasteiger partial charge in [-0.25, -0.2) is 0 Å². The number of carbonyl (C=O) groups excluding carboxylic acids is 1. The standard InChI is InChI=1S/C10H8O2/c1-7-10-8(4-5-12-7)2-3-9(10)6-11/h2-6H,1H3. The van der Waals surface area contributed by atoms with Crippen LogP contribution in [0.25, 0.3) is 11.1 Å². The van der Waals surface area contributed by atoms with Gasteiger partial charge in [0.15, 0.2) is 6.29 Å². The fraction of sp³-hybridized carbons (Fsp3) is 0.100. The molecular weight excluding hydrogens is 152 g/mol. The Bertz CT molecular complexity index is 387. The predicted octanol–water partition coefficient (Wildman–Crippen LogP) is 2.51. The Morgan fingerprint density at radius 2 is 2.17 bits per heavy atom. The fourth-order valence-electron chi connectivity index (χ4n) is 1.42. The van der Waals surface area contributed by atoms with Crippen LogP contribution in [0.5, 0.6) is 0 Å². The number of carbonyl (C=O) groups is 1. The largest absolute Gasteiger partial charge is 0.469 e. The van der Waals surface area contributed by atoms with Crippen molar-refractivity contribution >= 4 is 6.29 Å². The molecular formula is C10H8O2. The van der Waals surface area contributed by atoms with Gasteiger partial charge in [-0.15, -0.1) is 0 Å². The lowest BCUT2D eigenvalue weighted by atomic mass is 10.1. The van der Waals surface area contributed by atoms with E-state index in [1.165, 1.54) is 0 Å². The molecule has 0 atom stereocenters. The van der Waals surface area contributed by atoms with Crippen LogP contribution in [0, 0.1) is 6.92 Å². The SMILES string of the molecule is Cc1occc2ccc(C=O)c1-2. The van der Waals surface area contributed by atoms with Gasteiger partial charge in [-0.05, 0) is 18.6 Å². The summed E-state index contributed by atoms with van der Waals surface area (Å²) in [6.07, 6.45) is 2.48. The minimum atomic E-state index is 0.701. The van der Waals surface area contributed by atoms with Crippen molar-refractivity contribution in [2.75, 3.05) is 0 Å². The van der Waals surface area contributed by atoms with Crippen LogP contribution in [0.2, 0.25) is 0 Å². The van der Waals surface area contributed by atoms with E-state index >= 15 is 0 Å². The van der Waals surface area contributed by atoms with E-state index in [0.717, 1.165) is 23.2 Å². The molecule has 0 aromatic rings. The first kappa shape index (κ1) is 7.10. The lowest BCUT2D eigenvalue weighted by Crippen LogP contribution is -1.84. The number of hydrogen-bond donors (Lipinski definition) is 0. The maximum Gasteiger partial charge on any atom is 0.150 e. The second-order valence-electron chi connectivity index (χ2n) is 2.71. The minimum absolute atomic E-state index is 0.701. The average molecular weight is 160 g/mol. The molecule has 2 nitrogen and oxygen atoms in total. The highest BCUT2D eigenvalue weighted by atomic mass is 16.3. The van der Waals surface area contributed by atoms with E-state index < -0.39 is 0 Å². The smallest absolute Gasteiger partial charge is 0.150 e. The molecule has 0 bridgehead atoms. The lowest BCUT2D eigenvalue weighted by Gasteiger charge is -2.01. The highest BCUT2D eigenvalue weighted by molar-refractivity contribution is 5.90. The zero-order valence-electron chi connectivity index (χ0n) is 6.70. The molecule has 0 spiro atoms. The summed E-state index contributed by atoms with van der Waals surface area (Å²) in [4.78, 5) is 10.6. The highest BCUT2D eigenvalue weighted by Crippen LogP contribution is 2.29. The van der Waals surface area contributed by atoms with Gasteiger partial charge in [0.25, 0.3) is 0 Å². The Labute approximate surface area is 70.2 Å². The first-order valence-corrected chi connectivity index (χ1v) is 3.75. The summed E-state index contributed by atoms with van der Waals surface area (Å²) >= 11 is 0. The molecule has 0 saturated heterocycles. The van der Waals surface area contributed by atoms with E-state index in [0.29, 0.717) is 5.56 Å². The normalized spacial score (nSPS) is 10.4. The molecule has 1 heterocycles. The van der Waals surface area contributed by atoms with E-state index in [4.69, 9.17) is 4.42 Å². The Kier molecular flexibility index (Phi) is 1.47. The van der Waals surface area contributed by atoms with Crippen LogP contribution in [0.15, 0.2) is 28.9 Å². The van der Waals surface area contributed by atoms with Crippen molar-refractivity contribution in [1.82, 2.24) is 0 Å². The van der Waals surface area contributed by atoms with Gasteiger partial charge in [0.2, 0.25) is 0 Å². The Hall–Kier alpha value is -1.57. The Balaban J connectivity index is 2.79. The number of rotatable bonds is 1. The van der Waals surface area contributed by atoms with Gasteiger partial charge in [0, 0.05) is 11.1 Å². The van der Waals surface area contributed by atoms with E-state index in [1.54, 1.807) is 12.3 Å². The van der Waals surface area contributed by atoms with Crippen LogP contribution in [0.3, 0.4) is 0 Å². The van der Waals surface area contributed by atoms with Crippen LogP contribution in [-0.4, -0.2) is 6.29 Å². The second kappa shape index (κ2) is 2.48. The molecule has 60 valence electrons. The van der Waals surface area contributed by atoms with E-state index in [-0.39, 0.29) is 0 Å². The molecule has 2 aliphatic rings. The summed E-state index contributed by atoms with van der Waals surface area (Å²) in [6.45, 7) is 1.86. The van der Waals surface area contributed by atoms with Crippen LogP contribution < -0.4 is 0 Å². The van der Waals surface area contributed by atoms with Crippen LogP contribution in [0.4, 0.5) is 0 Å². The molecule has 1 aliphatic carbocycles. The summed E-state index contributed by atoms with van der Waals surface area (Å²) in [5, 5.41) is 0. The molecule has 12 heavy (non-hydrogen) atoms. The molecule has 0 unspecified atom stereocenters. The maximum absolute atomic E-state index is 10.6. The minimum Gasteiger partial charge on any atom is -0.469 e. The molecule has 0 aromatic carbocycles. The van der Waals surface area contributed by atoms with Crippen LogP contribution >= 0.6 is 0 Å². The number of fused-ring (bicyclic) bond motifs is 1. The molecule has 0 radical (unpaired) electrons. The van der Waals surface area contributed by atoms with Gasteiger partial charge in [-0.3, -0.25) is 4.79 Å². The third-order valence-corrected chi connectivity index (χ3v) is 1.99. The average Bonchev–Trinajstić information content (AvgIpc) is 2.49. The van der Waals surface area contributed by atoms with Gasteiger partial charge >= 0.3 is 0 Å². The Morgan fingerprint density at radius 1 is 1.33 bits per heavy atom. The third kappa shape index (κ3) is 0.848. The van der Waals surface area contributed by atoms with Crippen LogP contribution in [0.1, 0.15) is 16.1 Å². The summed E-state index contributed by atoms with van der Waals surface area (Å²) in [5.41, 5.74) is 2.68. The third-order valence-electron chi connectivity index (χ3n) is 1.99. The molecule has 0 N–H and O–H groups in total. The summed E-state index contributed by atoms with van der Waals surface area (Å²) < 4.78 is 5.18. The second-order valence-corrected chi connectivity index (χ2v) is 2.71. The topological polar surface area (TPSA) is 30.2 Å². The van der Waals surface area contributed by atoms with Crippen molar-refractivity contribution in [3.63, 3.8) is 0 Å². The van der Waals surface area contributed by atoms with Crippen molar-refractivity contribution in [3.05, 3.63) is 35.8 Å². The van der Waals surface area contributed by atoms with Crippen molar-refractivity contribution in [3.8, 4) is 11.1 Å². The zero-order valence-corrected chi connectivity index (χ0v) is 6.70. The first-order valence-electron chi connectivity index (χ1n) is 3.75. The van der Waals surface area contributed by atoms with Crippen molar-refractivity contribution < 1.29 is 9.21 Å². The number of hydrogen-bond acceptors (Lipinski definition) is 2. The van der Waals surface area contributed by atoms with E-state index in [1.807, 2.05) is 19.1 Å². The van der Waals surface area contributed by atoms with Crippen LogP contribution in [-0.2, 0) is 0 Å². The lowest BCUT2D eigenvalue weighted by molar-refractivity contribution is 0.112. The quantitative estimate of drug-likeness (QED) is 0.600.